The Morgan fingerprint density at radius 1 is 1.36 bits per heavy atom. The molecule has 0 aromatic carbocycles. The molecule has 0 aromatic rings. The number of unbranched alkanes of at least 4 members (excludes halogenated alkanes) is 2. The molecule has 0 spiro atoms. The maximum absolute atomic E-state index is 11.3. The van der Waals surface area contributed by atoms with Crippen LogP contribution in [0.25, 0.3) is 0 Å². The van der Waals surface area contributed by atoms with Crippen LogP contribution in [0, 0.1) is 5.92 Å². The summed E-state index contributed by atoms with van der Waals surface area (Å²) in [5, 5.41) is 0. The first kappa shape index (κ1) is 13.3. The van der Waals surface area contributed by atoms with Crippen molar-refractivity contribution in [2.75, 3.05) is 20.2 Å². The molecule has 3 nitrogen and oxygen atoms in total. The van der Waals surface area contributed by atoms with Crippen molar-refractivity contribution in [1.82, 2.24) is 4.90 Å². The average molecular weight is 201 g/mol. The van der Waals surface area contributed by atoms with E-state index in [1.165, 1.54) is 12.8 Å². The van der Waals surface area contributed by atoms with Gasteiger partial charge in [-0.1, -0.05) is 33.6 Å². The molecule has 3 heteroatoms. The van der Waals surface area contributed by atoms with E-state index in [0.29, 0.717) is 12.5 Å². The van der Waals surface area contributed by atoms with Crippen molar-refractivity contribution in [1.29, 1.82) is 0 Å². The Labute approximate surface area is 87.4 Å². The van der Waals surface area contributed by atoms with Crippen LogP contribution >= 0.6 is 0 Å². The average Bonchev–Trinajstić information content (AvgIpc) is 2.14. The SMILES string of the molecule is CCCCCN(C)C(=O)OCC(C)C. The molecule has 0 unspecified atom stereocenters. The molecule has 0 saturated heterocycles. The molecule has 0 aliphatic heterocycles. The third kappa shape index (κ3) is 6.75. The molecular weight excluding hydrogens is 178 g/mol. The Kier molecular flexibility index (Phi) is 7.25. The first-order valence-electron chi connectivity index (χ1n) is 5.45. The zero-order chi connectivity index (χ0) is 11.0. The number of nitrogens with zero attached hydrogens (tertiary/aromatic N) is 1. The highest BCUT2D eigenvalue weighted by molar-refractivity contribution is 5.67. The lowest BCUT2D eigenvalue weighted by molar-refractivity contribution is 0.0994. The van der Waals surface area contributed by atoms with Crippen LogP contribution in [0.5, 0.6) is 0 Å². The van der Waals surface area contributed by atoms with Crippen molar-refractivity contribution in [3.8, 4) is 0 Å². The van der Waals surface area contributed by atoms with Gasteiger partial charge in [0.1, 0.15) is 0 Å². The van der Waals surface area contributed by atoms with Gasteiger partial charge in [0, 0.05) is 13.6 Å². The van der Waals surface area contributed by atoms with Gasteiger partial charge in [-0.05, 0) is 12.3 Å². The number of ether oxygens (including phenoxy) is 1. The van der Waals surface area contributed by atoms with Crippen LogP contribution in [0.1, 0.15) is 40.0 Å². The van der Waals surface area contributed by atoms with Crippen molar-refractivity contribution in [2.24, 2.45) is 5.92 Å². The predicted molar refractivity (Wildman–Crippen MR) is 58.3 cm³/mol. The Morgan fingerprint density at radius 3 is 2.50 bits per heavy atom. The number of rotatable bonds is 6. The molecular formula is C11H23NO2. The van der Waals surface area contributed by atoms with Crippen LogP contribution in [0.15, 0.2) is 0 Å². The highest BCUT2D eigenvalue weighted by Gasteiger charge is 2.09. The van der Waals surface area contributed by atoms with Crippen molar-refractivity contribution in [3.63, 3.8) is 0 Å². The van der Waals surface area contributed by atoms with Crippen LogP contribution in [-0.4, -0.2) is 31.2 Å². The summed E-state index contributed by atoms with van der Waals surface area (Å²) in [5.74, 6) is 0.406. The van der Waals surface area contributed by atoms with Gasteiger partial charge in [-0.25, -0.2) is 4.79 Å². The van der Waals surface area contributed by atoms with Gasteiger partial charge in [0.25, 0.3) is 0 Å². The molecule has 0 N–H and O–H groups in total. The largest absolute Gasteiger partial charge is 0.449 e. The number of amides is 1. The molecule has 0 saturated carbocycles. The highest BCUT2D eigenvalue weighted by Crippen LogP contribution is 2.00. The Balaban J connectivity index is 3.54. The lowest BCUT2D eigenvalue weighted by Gasteiger charge is -2.17. The first-order chi connectivity index (χ1) is 6.57. The zero-order valence-corrected chi connectivity index (χ0v) is 9.88. The summed E-state index contributed by atoms with van der Waals surface area (Å²) < 4.78 is 5.08. The van der Waals surface area contributed by atoms with Crippen LogP contribution in [0.4, 0.5) is 4.79 Å². The second kappa shape index (κ2) is 7.65. The van der Waals surface area contributed by atoms with Crippen LogP contribution < -0.4 is 0 Å². The Bertz CT molecular complexity index is 157. The van der Waals surface area contributed by atoms with Gasteiger partial charge in [0.2, 0.25) is 0 Å². The van der Waals surface area contributed by atoms with E-state index in [2.05, 4.69) is 6.92 Å². The molecule has 0 radical (unpaired) electrons. The fraction of sp³-hybridized carbons (Fsp3) is 0.909. The summed E-state index contributed by atoms with van der Waals surface area (Å²) in [6.45, 7) is 7.52. The monoisotopic (exact) mass is 201 g/mol. The normalized spacial score (nSPS) is 10.4. The topological polar surface area (TPSA) is 29.5 Å². The summed E-state index contributed by atoms with van der Waals surface area (Å²) in [6.07, 6.45) is 3.20. The van der Waals surface area contributed by atoms with Gasteiger partial charge >= 0.3 is 6.09 Å². The van der Waals surface area contributed by atoms with Crippen molar-refractivity contribution in [3.05, 3.63) is 0 Å². The van der Waals surface area contributed by atoms with Gasteiger partial charge in [-0.2, -0.15) is 0 Å². The molecule has 14 heavy (non-hydrogen) atoms. The molecule has 0 heterocycles. The lowest BCUT2D eigenvalue weighted by atomic mass is 10.2. The minimum Gasteiger partial charge on any atom is -0.449 e. The zero-order valence-electron chi connectivity index (χ0n) is 9.88. The Morgan fingerprint density at radius 2 is 2.00 bits per heavy atom. The van der Waals surface area contributed by atoms with Crippen LogP contribution in [-0.2, 0) is 4.74 Å². The number of hydrogen-bond acceptors (Lipinski definition) is 2. The summed E-state index contributed by atoms with van der Waals surface area (Å²) in [6, 6.07) is 0. The van der Waals surface area contributed by atoms with Crippen molar-refractivity contribution < 1.29 is 9.53 Å². The summed E-state index contributed by atoms with van der Waals surface area (Å²) in [5.41, 5.74) is 0. The van der Waals surface area contributed by atoms with E-state index < -0.39 is 0 Å². The smallest absolute Gasteiger partial charge is 0.409 e. The van der Waals surface area contributed by atoms with Gasteiger partial charge in [-0.15, -0.1) is 0 Å². The number of carbonyl (C=O) groups excluding carboxylic acids is 1. The van der Waals surface area contributed by atoms with Crippen molar-refractivity contribution >= 4 is 6.09 Å². The second-order valence-corrected chi connectivity index (χ2v) is 4.10. The lowest BCUT2D eigenvalue weighted by Crippen LogP contribution is -2.29. The number of hydrogen-bond donors (Lipinski definition) is 0. The standard InChI is InChI=1S/C11H23NO2/c1-5-6-7-8-12(4)11(13)14-9-10(2)3/h10H,5-9H2,1-4H3. The molecule has 0 aliphatic carbocycles. The first-order valence-corrected chi connectivity index (χ1v) is 5.45. The third-order valence-electron chi connectivity index (χ3n) is 1.95. The van der Waals surface area contributed by atoms with E-state index >= 15 is 0 Å². The maximum atomic E-state index is 11.3. The van der Waals surface area contributed by atoms with Crippen LogP contribution in [0.2, 0.25) is 0 Å². The molecule has 84 valence electrons. The molecule has 1 amide bonds. The van der Waals surface area contributed by atoms with Gasteiger partial charge < -0.3 is 9.64 Å². The predicted octanol–water partition coefficient (Wildman–Crippen LogP) is 2.90. The van der Waals surface area contributed by atoms with Gasteiger partial charge in [-0.3, -0.25) is 0 Å². The van der Waals surface area contributed by atoms with Crippen molar-refractivity contribution in [2.45, 2.75) is 40.0 Å². The molecule has 0 aliphatic rings. The molecule has 0 rings (SSSR count). The van der Waals surface area contributed by atoms with E-state index in [-0.39, 0.29) is 6.09 Å². The molecule has 0 atom stereocenters. The Hall–Kier alpha value is -0.730. The fourth-order valence-electron chi connectivity index (χ4n) is 1.04. The van der Waals surface area contributed by atoms with Gasteiger partial charge in [0.15, 0.2) is 0 Å². The maximum Gasteiger partial charge on any atom is 0.409 e. The third-order valence-corrected chi connectivity index (χ3v) is 1.95. The minimum absolute atomic E-state index is 0.199. The molecule has 0 bridgehead atoms. The second-order valence-electron chi connectivity index (χ2n) is 4.10. The van der Waals surface area contributed by atoms with E-state index in [1.54, 1.807) is 11.9 Å². The van der Waals surface area contributed by atoms with Crippen LogP contribution in [0.3, 0.4) is 0 Å². The summed E-state index contributed by atoms with van der Waals surface area (Å²) >= 11 is 0. The summed E-state index contributed by atoms with van der Waals surface area (Å²) in [7, 11) is 1.79. The molecule has 0 aromatic heterocycles. The highest BCUT2D eigenvalue weighted by atomic mass is 16.6. The quantitative estimate of drug-likeness (QED) is 0.618. The van der Waals surface area contributed by atoms with Gasteiger partial charge in [0.05, 0.1) is 6.61 Å². The molecule has 0 fully saturated rings. The number of carbonyl (C=O) groups is 1. The van der Waals surface area contributed by atoms with E-state index in [1.807, 2.05) is 13.8 Å². The van der Waals surface area contributed by atoms with E-state index in [9.17, 15) is 4.79 Å². The van der Waals surface area contributed by atoms with E-state index in [0.717, 1.165) is 13.0 Å². The van der Waals surface area contributed by atoms with E-state index in [4.69, 9.17) is 4.74 Å². The fourth-order valence-corrected chi connectivity index (χ4v) is 1.04. The minimum atomic E-state index is -0.199. The summed E-state index contributed by atoms with van der Waals surface area (Å²) in [4.78, 5) is 13.0.